The molecule has 0 atom stereocenters. The lowest BCUT2D eigenvalue weighted by molar-refractivity contribution is 0.262. The first-order valence-electron chi connectivity index (χ1n) is 10.4. The van der Waals surface area contributed by atoms with E-state index in [2.05, 4.69) is 47.4 Å². The number of ether oxygens (including phenoxy) is 1. The molecule has 3 rings (SSSR count). The van der Waals surface area contributed by atoms with Crippen LogP contribution in [0, 0.1) is 0 Å². The van der Waals surface area contributed by atoms with Gasteiger partial charge in [-0.3, -0.25) is 4.90 Å². The van der Waals surface area contributed by atoms with Gasteiger partial charge < -0.3 is 9.64 Å². The molecule has 6 nitrogen and oxygen atoms in total. The second-order valence-electron chi connectivity index (χ2n) is 8.70. The highest BCUT2D eigenvalue weighted by molar-refractivity contribution is 7.89. The zero-order valence-corrected chi connectivity index (χ0v) is 19.2. The third kappa shape index (κ3) is 5.74. The van der Waals surface area contributed by atoms with E-state index in [1.807, 2.05) is 24.3 Å². The van der Waals surface area contributed by atoms with Crippen LogP contribution in [0.2, 0.25) is 0 Å². The minimum atomic E-state index is -3.48. The van der Waals surface area contributed by atoms with Crippen molar-refractivity contribution in [3.63, 3.8) is 0 Å². The van der Waals surface area contributed by atoms with Crippen LogP contribution < -0.4 is 14.4 Å². The molecule has 0 amide bonds. The number of piperazine rings is 1. The minimum absolute atomic E-state index is 0.00365. The first-order chi connectivity index (χ1) is 14.2. The number of hydrogen-bond acceptors (Lipinski definition) is 5. The van der Waals surface area contributed by atoms with Crippen LogP contribution in [0.25, 0.3) is 0 Å². The molecule has 0 radical (unpaired) electrons. The average molecular weight is 432 g/mol. The van der Waals surface area contributed by atoms with E-state index in [-0.39, 0.29) is 5.41 Å². The van der Waals surface area contributed by atoms with Crippen molar-refractivity contribution >= 4 is 15.7 Å². The fourth-order valence-corrected chi connectivity index (χ4v) is 4.60. The Bertz CT molecular complexity index is 912. The lowest BCUT2D eigenvalue weighted by Gasteiger charge is -2.36. The van der Waals surface area contributed by atoms with Crippen molar-refractivity contribution < 1.29 is 13.2 Å². The monoisotopic (exact) mass is 431 g/mol. The molecule has 1 fully saturated rings. The Kier molecular flexibility index (Phi) is 7.06. The van der Waals surface area contributed by atoms with Crippen LogP contribution in [0.1, 0.15) is 26.3 Å². The summed E-state index contributed by atoms with van der Waals surface area (Å²) in [4.78, 5) is 4.96. The van der Waals surface area contributed by atoms with Gasteiger partial charge in [0.25, 0.3) is 0 Å². The molecule has 1 saturated heterocycles. The van der Waals surface area contributed by atoms with Gasteiger partial charge in [-0.2, -0.15) is 0 Å². The predicted octanol–water partition coefficient (Wildman–Crippen LogP) is 3.09. The Morgan fingerprint density at radius 2 is 1.53 bits per heavy atom. The Morgan fingerprint density at radius 1 is 0.933 bits per heavy atom. The quantitative estimate of drug-likeness (QED) is 0.730. The standard InChI is InChI=1S/C23H33N3O3S/c1-23(2,3)19-5-11-22(12-6-19)30(27,28)24-13-14-25-15-17-26(18-16-25)20-7-9-21(29-4)10-8-20/h5-12,24H,13-18H2,1-4H3. The highest BCUT2D eigenvalue weighted by atomic mass is 32.2. The normalized spacial score (nSPS) is 15.9. The lowest BCUT2D eigenvalue weighted by atomic mass is 9.87. The summed E-state index contributed by atoms with van der Waals surface area (Å²) in [5.41, 5.74) is 2.31. The molecular weight excluding hydrogens is 398 g/mol. The van der Waals surface area contributed by atoms with Crippen LogP contribution in [0.15, 0.2) is 53.4 Å². The molecule has 0 aliphatic carbocycles. The Morgan fingerprint density at radius 3 is 2.07 bits per heavy atom. The molecule has 1 heterocycles. The smallest absolute Gasteiger partial charge is 0.240 e. The van der Waals surface area contributed by atoms with E-state index in [0.717, 1.165) is 37.5 Å². The summed E-state index contributed by atoms with van der Waals surface area (Å²) in [6, 6.07) is 15.3. The highest BCUT2D eigenvalue weighted by Crippen LogP contribution is 2.23. The van der Waals surface area contributed by atoms with Gasteiger partial charge in [0.1, 0.15) is 5.75 Å². The second-order valence-corrected chi connectivity index (χ2v) is 10.5. The van der Waals surface area contributed by atoms with Crippen molar-refractivity contribution in [1.82, 2.24) is 9.62 Å². The van der Waals surface area contributed by atoms with E-state index in [4.69, 9.17) is 4.74 Å². The van der Waals surface area contributed by atoms with Gasteiger partial charge in [-0.05, 0) is 47.4 Å². The molecule has 1 aliphatic heterocycles. The van der Waals surface area contributed by atoms with Crippen LogP contribution >= 0.6 is 0 Å². The van der Waals surface area contributed by atoms with E-state index in [1.54, 1.807) is 19.2 Å². The molecule has 2 aromatic rings. The summed E-state index contributed by atoms with van der Waals surface area (Å²) in [6.45, 7) is 11.1. The number of hydrogen-bond donors (Lipinski definition) is 1. The van der Waals surface area contributed by atoms with E-state index < -0.39 is 10.0 Å². The molecule has 1 N–H and O–H groups in total. The van der Waals surface area contributed by atoms with Crippen molar-refractivity contribution in [2.24, 2.45) is 0 Å². The molecule has 7 heteroatoms. The summed E-state index contributed by atoms with van der Waals surface area (Å²) >= 11 is 0. The number of methoxy groups -OCH3 is 1. The molecule has 164 valence electrons. The van der Waals surface area contributed by atoms with Crippen LogP contribution in [-0.4, -0.2) is 59.7 Å². The van der Waals surface area contributed by atoms with Crippen LogP contribution in [0.4, 0.5) is 5.69 Å². The Labute approximate surface area is 180 Å². The van der Waals surface area contributed by atoms with Crippen molar-refractivity contribution in [1.29, 1.82) is 0 Å². The molecule has 30 heavy (non-hydrogen) atoms. The predicted molar refractivity (Wildman–Crippen MR) is 122 cm³/mol. The van der Waals surface area contributed by atoms with Gasteiger partial charge in [-0.25, -0.2) is 13.1 Å². The summed E-state index contributed by atoms with van der Waals surface area (Å²) in [5, 5.41) is 0. The zero-order chi connectivity index (χ0) is 21.8. The Balaban J connectivity index is 1.46. The molecule has 0 spiro atoms. The largest absolute Gasteiger partial charge is 0.497 e. The fourth-order valence-electron chi connectivity index (χ4n) is 3.58. The van der Waals surface area contributed by atoms with E-state index in [0.29, 0.717) is 18.0 Å². The van der Waals surface area contributed by atoms with Crippen molar-refractivity contribution in [2.45, 2.75) is 31.1 Å². The number of anilines is 1. The molecule has 0 bridgehead atoms. The maximum Gasteiger partial charge on any atom is 0.240 e. The van der Waals surface area contributed by atoms with Gasteiger partial charge in [-0.15, -0.1) is 0 Å². The van der Waals surface area contributed by atoms with Crippen LogP contribution in [-0.2, 0) is 15.4 Å². The van der Waals surface area contributed by atoms with Crippen LogP contribution in [0.5, 0.6) is 5.75 Å². The molecule has 1 aliphatic rings. The SMILES string of the molecule is COc1ccc(N2CCN(CCNS(=O)(=O)c3ccc(C(C)(C)C)cc3)CC2)cc1. The van der Waals surface area contributed by atoms with Crippen molar-refractivity contribution in [3.8, 4) is 5.75 Å². The summed E-state index contributed by atoms with van der Waals surface area (Å²) in [5.74, 6) is 0.859. The first-order valence-corrected chi connectivity index (χ1v) is 11.9. The molecule has 0 aromatic heterocycles. The molecule has 0 unspecified atom stereocenters. The number of nitrogens with zero attached hydrogens (tertiary/aromatic N) is 2. The molecule has 0 saturated carbocycles. The van der Waals surface area contributed by atoms with Gasteiger partial charge in [0, 0.05) is 45.0 Å². The van der Waals surface area contributed by atoms with Crippen molar-refractivity contribution in [3.05, 3.63) is 54.1 Å². The number of nitrogens with one attached hydrogen (secondary N) is 1. The number of benzene rings is 2. The topological polar surface area (TPSA) is 61.9 Å². The number of sulfonamides is 1. The van der Waals surface area contributed by atoms with E-state index in [1.165, 1.54) is 5.69 Å². The van der Waals surface area contributed by atoms with Gasteiger partial charge in [0.2, 0.25) is 10.0 Å². The van der Waals surface area contributed by atoms with E-state index in [9.17, 15) is 8.42 Å². The fraction of sp³-hybridized carbons (Fsp3) is 0.478. The van der Waals surface area contributed by atoms with Crippen molar-refractivity contribution in [2.75, 3.05) is 51.3 Å². The third-order valence-corrected chi connectivity index (χ3v) is 7.04. The highest BCUT2D eigenvalue weighted by Gasteiger charge is 2.20. The maximum absolute atomic E-state index is 12.6. The summed E-state index contributed by atoms with van der Waals surface area (Å²) in [6.07, 6.45) is 0. The lowest BCUT2D eigenvalue weighted by Crippen LogP contribution is -2.48. The van der Waals surface area contributed by atoms with Gasteiger partial charge in [-0.1, -0.05) is 32.9 Å². The average Bonchev–Trinajstić information content (AvgIpc) is 2.74. The summed E-state index contributed by atoms with van der Waals surface area (Å²) in [7, 11) is -1.81. The van der Waals surface area contributed by atoms with E-state index >= 15 is 0 Å². The Hall–Kier alpha value is -2.09. The molecule has 2 aromatic carbocycles. The van der Waals surface area contributed by atoms with Gasteiger partial charge in [0.05, 0.1) is 12.0 Å². The third-order valence-electron chi connectivity index (χ3n) is 5.56. The summed E-state index contributed by atoms with van der Waals surface area (Å²) < 4.78 is 33.1. The van der Waals surface area contributed by atoms with Crippen LogP contribution in [0.3, 0.4) is 0 Å². The molecular formula is C23H33N3O3S. The zero-order valence-electron chi connectivity index (χ0n) is 18.4. The maximum atomic E-state index is 12.6. The first kappa shape index (κ1) is 22.6. The van der Waals surface area contributed by atoms with Gasteiger partial charge in [0.15, 0.2) is 0 Å². The minimum Gasteiger partial charge on any atom is -0.497 e. The van der Waals surface area contributed by atoms with Gasteiger partial charge >= 0.3 is 0 Å². The number of rotatable bonds is 7. The second kappa shape index (κ2) is 9.37.